The first-order chi connectivity index (χ1) is 14.0. The summed E-state index contributed by atoms with van der Waals surface area (Å²) in [7, 11) is 3.29. The Morgan fingerprint density at radius 3 is 2.07 bits per heavy atom. The maximum absolute atomic E-state index is 12.8. The van der Waals surface area contributed by atoms with Crippen LogP contribution in [-0.2, 0) is 17.8 Å². The molecule has 1 heterocycles. The Kier molecular flexibility index (Phi) is 7.12. The Bertz CT molecular complexity index is 790. The van der Waals surface area contributed by atoms with E-state index in [-0.39, 0.29) is 18.1 Å². The molecule has 0 radical (unpaired) electrons. The number of hydrogen-bond donors (Lipinski definition) is 1. The van der Waals surface area contributed by atoms with Crippen LogP contribution in [0, 0.1) is 0 Å². The fourth-order valence-electron chi connectivity index (χ4n) is 3.61. The molecule has 0 aliphatic carbocycles. The number of carbonyl (C=O) groups excluding carboxylic acids is 1. The largest absolute Gasteiger partial charge is 0.497 e. The van der Waals surface area contributed by atoms with Gasteiger partial charge in [0, 0.05) is 37.8 Å². The van der Waals surface area contributed by atoms with Crippen LogP contribution in [0.5, 0.6) is 11.5 Å². The number of rotatable bonds is 7. The molecule has 2 atom stereocenters. The molecule has 6 heteroatoms. The summed E-state index contributed by atoms with van der Waals surface area (Å²) < 4.78 is 16.3. The lowest BCUT2D eigenvalue weighted by Gasteiger charge is -2.35. The molecule has 3 rings (SSSR count). The average Bonchev–Trinajstić information content (AvgIpc) is 2.72. The number of amides is 1. The number of methoxy groups -OCH3 is 2. The molecule has 6 nitrogen and oxygen atoms in total. The number of ether oxygens (including phenoxy) is 3. The minimum Gasteiger partial charge on any atom is -0.497 e. The lowest BCUT2D eigenvalue weighted by atomic mass is 10.1. The van der Waals surface area contributed by atoms with E-state index in [1.54, 1.807) is 14.2 Å². The zero-order chi connectivity index (χ0) is 20.8. The quantitative estimate of drug-likeness (QED) is 0.776. The van der Waals surface area contributed by atoms with E-state index in [1.807, 2.05) is 61.2 Å². The van der Waals surface area contributed by atoms with Crippen molar-refractivity contribution >= 4 is 5.91 Å². The molecule has 1 N–H and O–H groups in total. The molecular formula is C23H30N2O4. The first kappa shape index (κ1) is 21.1. The second-order valence-corrected chi connectivity index (χ2v) is 7.49. The van der Waals surface area contributed by atoms with Gasteiger partial charge in [-0.1, -0.05) is 12.1 Å². The van der Waals surface area contributed by atoms with Gasteiger partial charge in [0.1, 0.15) is 11.5 Å². The van der Waals surface area contributed by atoms with Crippen LogP contribution in [0.15, 0.2) is 42.5 Å². The lowest BCUT2D eigenvalue weighted by Crippen LogP contribution is -2.48. The number of nitrogens with zero attached hydrogens (tertiary/aromatic N) is 1. The number of hydrogen-bond acceptors (Lipinski definition) is 5. The van der Waals surface area contributed by atoms with Crippen molar-refractivity contribution in [3.05, 3.63) is 59.2 Å². The third-order valence-corrected chi connectivity index (χ3v) is 4.98. The van der Waals surface area contributed by atoms with Gasteiger partial charge in [0.25, 0.3) is 5.91 Å². The molecule has 1 fully saturated rings. The van der Waals surface area contributed by atoms with Crippen molar-refractivity contribution in [1.29, 1.82) is 0 Å². The first-order valence-electron chi connectivity index (χ1n) is 9.95. The van der Waals surface area contributed by atoms with E-state index >= 15 is 0 Å². The summed E-state index contributed by atoms with van der Waals surface area (Å²) >= 11 is 0. The molecule has 2 aromatic rings. The summed E-state index contributed by atoms with van der Waals surface area (Å²) in [5.74, 6) is 1.61. The van der Waals surface area contributed by atoms with Crippen LogP contribution in [-0.4, -0.2) is 50.3 Å². The molecule has 1 aliphatic heterocycles. The molecule has 156 valence electrons. The molecular weight excluding hydrogens is 368 g/mol. The van der Waals surface area contributed by atoms with E-state index in [2.05, 4.69) is 5.32 Å². The third-order valence-electron chi connectivity index (χ3n) is 4.98. The molecule has 0 saturated carbocycles. The van der Waals surface area contributed by atoms with E-state index in [0.29, 0.717) is 31.7 Å². The second kappa shape index (κ2) is 9.76. The van der Waals surface area contributed by atoms with Crippen LogP contribution in [0.1, 0.15) is 35.3 Å². The molecule has 1 amide bonds. The van der Waals surface area contributed by atoms with Gasteiger partial charge >= 0.3 is 0 Å². The van der Waals surface area contributed by atoms with Gasteiger partial charge in [0.2, 0.25) is 0 Å². The summed E-state index contributed by atoms with van der Waals surface area (Å²) in [5, 5.41) is 3.42. The first-order valence-corrected chi connectivity index (χ1v) is 9.95. The van der Waals surface area contributed by atoms with Crippen molar-refractivity contribution in [3.8, 4) is 11.5 Å². The van der Waals surface area contributed by atoms with E-state index in [9.17, 15) is 4.79 Å². The van der Waals surface area contributed by atoms with E-state index < -0.39 is 0 Å². The summed E-state index contributed by atoms with van der Waals surface area (Å²) in [6.45, 7) is 6.68. The minimum atomic E-state index is 0.0648. The highest BCUT2D eigenvalue weighted by atomic mass is 16.5. The predicted octanol–water partition coefficient (Wildman–Crippen LogP) is 3.24. The van der Waals surface area contributed by atoms with Crippen LogP contribution >= 0.6 is 0 Å². The highest BCUT2D eigenvalue weighted by Crippen LogP contribution is 2.22. The van der Waals surface area contributed by atoms with Gasteiger partial charge in [0.15, 0.2) is 0 Å². The Labute approximate surface area is 172 Å². The topological polar surface area (TPSA) is 60.0 Å². The minimum absolute atomic E-state index is 0.0648. The zero-order valence-electron chi connectivity index (χ0n) is 17.6. The Morgan fingerprint density at radius 1 is 0.966 bits per heavy atom. The normalized spacial score (nSPS) is 19.1. The summed E-state index contributed by atoms with van der Waals surface area (Å²) in [6.07, 6.45) is 0.141. The van der Waals surface area contributed by atoms with Gasteiger partial charge in [-0.3, -0.25) is 4.79 Å². The highest BCUT2D eigenvalue weighted by Gasteiger charge is 2.26. The van der Waals surface area contributed by atoms with E-state index in [1.165, 1.54) is 0 Å². The fourth-order valence-corrected chi connectivity index (χ4v) is 3.61. The molecule has 0 bridgehead atoms. The van der Waals surface area contributed by atoms with Crippen molar-refractivity contribution in [1.82, 2.24) is 10.2 Å². The Morgan fingerprint density at radius 2 is 1.52 bits per heavy atom. The van der Waals surface area contributed by atoms with Gasteiger partial charge in [-0.2, -0.15) is 0 Å². The molecule has 0 spiro atoms. The van der Waals surface area contributed by atoms with Crippen molar-refractivity contribution < 1.29 is 19.0 Å². The second-order valence-electron chi connectivity index (χ2n) is 7.49. The van der Waals surface area contributed by atoms with Crippen LogP contribution in [0.4, 0.5) is 0 Å². The van der Waals surface area contributed by atoms with Crippen molar-refractivity contribution in [2.45, 2.75) is 39.1 Å². The highest BCUT2D eigenvalue weighted by molar-refractivity contribution is 5.94. The smallest absolute Gasteiger partial charge is 0.254 e. The summed E-state index contributed by atoms with van der Waals surface area (Å²) in [5.41, 5.74) is 2.93. The van der Waals surface area contributed by atoms with Crippen LogP contribution < -0.4 is 14.8 Å². The Hall–Kier alpha value is -2.57. The molecule has 2 unspecified atom stereocenters. The molecule has 1 aliphatic rings. The maximum Gasteiger partial charge on any atom is 0.254 e. The van der Waals surface area contributed by atoms with Crippen LogP contribution in [0.3, 0.4) is 0 Å². The van der Waals surface area contributed by atoms with E-state index in [0.717, 1.165) is 22.6 Å². The molecule has 1 saturated heterocycles. The maximum atomic E-state index is 12.8. The third kappa shape index (κ3) is 5.71. The molecule has 2 aromatic carbocycles. The predicted molar refractivity (Wildman–Crippen MR) is 112 cm³/mol. The lowest BCUT2D eigenvalue weighted by molar-refractivity contribution is -0.0586. The number of benzene rings is 2. The Balaban J connectivity index is 1.55. The van der Waals surface area contributed by atoms with Gasteiger partial charge in [-0.25, -0.2) is 0 Å². The van der Waals surface area contributed by atoms with Gasteiger partial charge in [-0.05, 0) is 49.2 Å². The number of nitrogens with one attached hydrogen (secondary N) is 1. The van der Waals surface area contributed by atoms with Gasteiger partial charge in [0.05, 0.1) is 26.4 Å². The van der Waals surface area contributed by atoms with Crippen molar-refractivity contribution in [2.75, 3.05) is 27.3 Å². The fraction of sp³-hybridized carbons (Fsp3) is 0.435. The standard InChI is InChI=1S/C23H30N2O4/c1-16-14-25(15-17(2)29-16)23(26)20-7-5-18(6-8-20)12-24-13-19-9-21(27-3)11-22(10-19)28-4/h5-11,16-17,24H,12-15H2,1-4H3. The zero-order valence-corrected chi connectivity index (χ0v) is 17.6. The molecule has 0 aromatic heterocycles. The van der Waals surface area contributed by atoms with Crippen LogP contribution in [0.25, 0.3) is 0 Å². The average molecular weight is 399 g/mol. The number of carbonyl (C=O) groups is 1. The van der Waals surface area contributed by atoms with Gasteiger partial charge in [-0.15, -0.1) is 0 Å². The van der Waals surface area contributed by atoms with Crippen molar-refractivity contribution in [3.63, 3.8) is 0 Å². The van der Waals surface area contributed by atoms with Crippen LogP contribution in [0.2, 0.25) is 0 Å². The summed E-state index contributed by atoms with van der Waals surface area (Å²) in [6, 6.07) is 13.6. The number of morpholine rings is 1. The van der Waals surface area contributed by atoms with Crippen molar-refractivity contribution in [2.24, 2.45) is 0 Å². The monoisotopic (exact) mass is 398 g/mol. The molecule has 29 heavy (non-hydrogen) atoms. The van der Waals surface area contributed by atoms with E-state index in [4.69, 9.17) is 14.2 Å². The van der Waals surface area contributed by atoms with Gasteiger partial charge < -0.3 is 24.4 Å². The SMILES string of the molecule is COc1cc(CNCc2ccc(C(=O)N3CC(C)OC(C)C3)cc2)cc(OC)c1. The summed E-state index contributed by atoms with van der Waals surface area (Å²) in [4.78, 5) is 14.6.